The fraction of sp³-hybridized carbons (Fsp3) is 0.333. The summed E-state index contributed by atoms with van der Waals surface area (Å²) >= 11 is 0. The van der Waals surface area contributed by atoms with Crippen molar-refractivity contribution in [3.63, 3.8) is 0 Å². The maximum Gasteiger partial charge on any atom is 0.222 e. The van der Waals surface area contributed by atoms with Crippen molar-refractivity contribution < 1.29 is 4.79 Å². The van der Waals surface area contributed by atoms with Crippen LogP contribution in [0.25, 0.3) is 5.65 Å². The van der Waals surface area contributed by atoms with Gasteiger partial charge in [-0.05, 0) is 6.07 Å². The van der Waals surface area contributed by atoms with E-state index in [1.54, 1.807) is 23.1 Å². The number of aryl methyl sites for hydroxylation is 2. The molecule has 3 aromatic rings. The molecule has 3 aromatic heterocycles. The Kier molecular flexibility index (Phi) is 4.13. The summed E-state index contributed by atoms with van der Waals surface area (Å²) < 4.78 is 3.71. The lowest BCUT2D eigenvalue weighted by Gasteiger charge is -2.07. The molecule has 3 rings (SSSR count). The lowest BCUT2D eigenvalue weighted by molar-refractivity contribution is -0.121. The predicted molar refractivity (Wildman–Crippen MR) is 81.1 cm³/mol. The molecule has 0 aromatic carbocycles. The number of nitrogens with zero attached hydrogens (tertiary/aromatic N) is 5. The van der Waals surface area contributed by atoms with Gasteiger partial charge in [0, 0.05) is 56.3 Å². The van der Waals surface area contributed by atoms with Crippen molar-refractivity contribution in [2.24, 2.45) is 0 Å². The minimum atomic E-state index is 0.00559. The second kappa shape index (κ2) is 6.38. The van der Waals surface area contributed by atoms with Gasteiger partial charge in [-0.15, -0.1) is 0 Å². The highest BCUT2D eigenvalue weighted by Crippen LogP contribution is 2.06. The molecule has 22 heavy (non-hydrogen) atoms. The Balaban J connectivity index is 1.54. The van der Waals surface area contributed by atoms with E-state index in [0.717, 1.165) is 23.5 Å². The quantitative estimate of drug-likeness (QED) is 0.741. The third kappa shape index (κ3) is 2.98. The Morgan fingerprint density at radius 2 is 2.18 bits per heavy atom. The van der Waals surface area contributed by atoms with Crippen LogP contribution in [0.3, 0.4) is 0 Å². The van der Waals surface area contributed by atoms with Crippen molar-refractivity contribution in [1.29, 1.82) is 0 Å². The van der Waals surface area contributed by atoms with E-state index in [1.807, 2.05) is 23.0 Å². The zero-order chi connectivity index (χ0) is 15.4. The van der Waals surface area contributed by atoms with E-state index in [9.17, 15) is 4.79 Å². The van der Waals surface area contributed by atoms with Gasteiger partial charge in [0.1, 0.15) is 5.82 Å². The first-order valence-corrected chi connectivity index (χ1v) is 7.32. The van der Waals surface area contributed by atoms with Crippen LogP contribution in [-0.4, -0.2) is 30.1 Å². The number of amides is 1. The average molecular weight is 298 g/mol. The first-order chi connectivity index (χ1) is 10.8. The van der Waals surface area contributed by atoms with Crippen LogP contribution in [-0.2, 0) is 24.3 Å². The summed E-state index contributed by atoms with van der Waals surface area (Å²) in [5.41, 5.74) is 1.68. The molecule has 0 aliphatic heterocycles. The minimum absolute atomic E-state index is 0.00559. The van der Waals surface area contributed by atoms with Gasteiger partial charge >= 0.3 is 0 Å². The van der Waals surface area contributed by atoms with E-state index >= 15 is 0 Å². The van der Waals surface area contributed by atoms with Crippen molar-refractivity contribution in [1.82, 2.24) is 29.5 Å². The van der Waals surface area contributed by atoms with Gasteiger partial charge in [0.25, 0.3) is 0 Å². The zero-order valence-corrected chi connectivity index (χ0v) is 12.4. The Bertz CT molecular complexity index is 775. The number of rotatable bonds is 6. The van der Waals surface area contributed by atoms with Crippen LogP contribution < -0.4 is 5.32 Å². The van der Waals surface area contributed by atoms with Crippen LogP contribution in [0.4, 0.5) is 0 Å². The number of hydrogen-bond donors (Lipinski definition) is 1. The number of carbonyl (C=O) groups is 1. The third-order valence-corrected chi connectivity index (χ3v) is 3.53. The smallest absolute Gasteiger partial charge is 0.222 e. The summed E-state index contributed by atoms with van der Waals surface area (Å²) in [4.78, 5) is 20.5. The Labute approximate surface area is 128 Å². The van der Waals surface area contributed by atoms with Gasteiger partial charge < -0.3 is 9.88 Å². The number of hydrogen-bond acceptors (Lipinski definition) is 4. The summed E-state index contributed by atoms with van der Waals surface area (Å²) in [6, 6.07) is 1.82. The van der Waals surface area contributed by atoms with E-state index in [2.05, 4.69) is 27.3 Å². The fourth-order valence-corrected chi connectivity index (χ4v) is 2.36. The fourth-order valence-electron chi connectivity index (χ4n) is 2.36. The summed E-state index contributed by atoms with van der Waals surface area (Å²) in [6.07, 6.45) is 10.2. The van der Waals surface area contributed by atoms with Crippen LogP contribution in [0.5, 0.6) is 0 Å². The molecule has 0 unspecified atom stereocenters. The van der Waals surface area contributed by atoms with Gasteiger partial charge in [0.15, 0.2) is 5.65 Å². The molecule has 0 bridgehead atoms. The molecular formula is C15H18N6O. The van der Waals surface area contributed by atoms with Gasteiger partial charge in [0.2, 0.25) is 5.91 Å². The van der Waals surface area contributed by atoms with Crippen LogP contribution in [0.1, 0.15) is 24.7 Å². The highest BCUT2D eigenvalue weighted by molar-refractivity contribution is 5.76. The lowest BCUT2D eigenvalue weighted by Crippen LogP contribution is -2.24. The molecule has 0 aliphatic carbocycles. The molecule has 0 radical (unpaired) electrons. The minimum Gasteiger partial charge on any atom is -0.352 e. The highest BCUT2D eigenvalue weighted by atomic mass is 16.1. The number of fused-ring (bicyclic) bond motifs is 1. The molecule has 0 spiro atoms. The first-order valence-electron chi connectivity index (χ1n) is 7.32. The normalized spacial score (nSPS) is 11.0. The van der Waals surface area contributed by atoms with Gasteiger partial charge in [-0.1, -0.05) is 6.92 Å². The molecule has 7 nitrogen and oxygen atoms in total. The van der Waals surface area contributed by atoms with Crippen molar-refractivity contribution in [2.75, 3.05) is 0 Å². The van der Waals surface area contributed by atoms with Gasteiger partial charge in [0.05, 0.1) is 6.20 Å². The molecule has 114 valence electrons. The second-order valence-corrected chi connectivity index (χ2v) is 4.97. The molecular weight excluding hydrogens is 280 g/mol. The van der Waals surface area contributed by atoms with Crippen molar-refractivity contribution in [3.05, 3.63) is 48.4 Å². The monoisotopic (exact) mass is 298 g/mol. The summed E-state index contributed by atoms with van der Waals surface area (Å²) in [7, 11) is 0. The van der Waals surface area contributed by atoms with Crippen LogP contribution >= 0.6 is 0 Å². The van der Waals surface area contributed by atoms with Crippen LogP contribution in [0, 0.1) is 0 Å². The zero-order valence-electron chi connectivity index (χ0n) is 12.4. The highest BCUT2D eigenvalue weighted by Gasteiger charge is 2.08. The topological polar surface area (TPSA) is 77.1 Å². The standard InChI is InChI=1S/C15H18N6O/c1-2-13-16-6-9-20(13)8-4-14(22)18-10-12-11-19-21-7-3-5-17-15(12)21/h3,5-7,9,11H,2,4,8,10H2,1H3,(H,18,22). The Morgan fingerprint density at radius 1 is 1.27 bits per heavy atom. The molecule has 0 saturated carbocycles. The van der Waals surface area contributed by atoms with Crippen molar-refractivity contribution >= 4 is 11.6 Å². The van der Waals surface area contributed by atoms with E-state index < -0.39 is 0 Å². The van der Waals surface area contributed by atoms with Crippen molar-refractivity contribution in [3.8, 4) is 0 Å². The molecule has 0 aliphatic rings. The molecule has 3 heterocycles. The third-order valence-electron chi connectivity index (χ3n) is 3.53. The first kappa shape index (κ1) is 14.2. The van der Waals surface area contributed by atoms with Gasteiger partial charge in [-0.3, -0.25) is 4.79 Å². The van der Waals surface area contributed by atoms with Gasteiger partial charge in [-0.2, -0.15) is 5.10 Å². The second-order valence-electron chi connectivity index (χ2n) is 4.97. The van der Waals surface area contributed by atoms with E-state index in [-0.39, 0.29) is 5.91 Å². The maximum absolute atomic E-state index is 12.0. The number of imidazole rings is 1. The average Bonchev–Trinajstić information content (AvgIpc) is 3.17. The van der Waals surface area contributed by atoms with Crippen LogP contribution in [0.15, 0.2) is 37.1 Å². The number of aromatic nitrogens is 5. The van der Waals surface area contributed by atoms with E-state index in [0.29, 0.717) is 19.5 Å². The molecule has 1 N–H and O–H groups in total. The molecule has 7 heteroatoms. The molecule has 0 fully saturated rings. The van der Waals surface area contributed by atoms with Crippen LogP contribution in [0.2, 0.25) is 0 Å². The molecule has 0 saturated heterocycles. The lowest BCUT2D eigenvalue weighted by atomic mass is 10.3. The van der Waals surface area contributed by atoms with Crippen molar-refractivity contribution in [2.45, 2.75) is 32.9 Å². The largest absolute Gasteiger partial charge is 0.352 e. The molecule has 1 amide bonds. The summed E-state index contributed by atoms with van der Waals surface area (Å²) in [5.74, 6) is 1.01. The Morgan fingerprint density at radius 3 is 3.05 bits per heavy atom. The summed E-state index contributed by atoms with van der Waals surface area (Å²) in [6.45, 7) is 3.13. The van der Waals surface area contributed by atoms with E-state index in [1.165, 1.54) is 0 Å². The number of nitrogens with one attached hydrogen (secondary N) is 1. The maximum atomic E-state index is 12.0. The van der Waals surface area contributed by atoms with Gasteiger partial charge in [-0.25, -0.2) is 14.5 Å². The Hall–Kier alpha value is -2.70. The molecule has 0 atom stereocenters. The SMILES string of the molecule is CCc1nccn1CCC(=O)NCc1cnn2cccnc12. The number of carbonyl (C=O) groups excluding carboxylic acids is 1. The predicted octanol–water partition coefficient (Wildman–Crippen LogP) is 1.19. The summed E-state index contributed by atoms with van der Waals surface area (Å²) in [5, 5.41) is 7.11. The van der Waals surface area contributed by atoms with E-state index in [4.69, 9.17) is 0 Å².